The van der Waals surface area contributed by atoms with Gasteiger partial charge in [0.1, 0.15) is 10.4 Å². The molecule has 2 aromatic rings. The molecular weight excluding hydrogens is 264 g/mol. The number of ether oxygens (including phenoxy) is 1. The van der Waals surface area contributed by atoms with Crippen molar-refractivity contribution in [1.82, 2.24) is 9.97 Å². The second-order valence-corrected chi connectivity index (χ2v) is 5.28. The Balaban J connectivity index is 2.31. The van der Waals surface area contributed by atoms with Crippen molar-refractivity contribution in [3.05, 3.63) is 11.2 Å². The highest BCUT2D eigenvalue weighted by Crippen LogP contribution is 2.36. The van der Waals surface area contributed by atoms with Gasteiger partial charge in [0.2, 0.25) is 0 Å². The molecule has 2 N–H and O–H groups in total. The van der Waals surface area contributed by atoms with Crippen LogP contribution in [0.15, 0.2) is 10.5 Å². The number of thioether (sulfide) groups is 1. The molecule has 2 heterocycles. The third-order valence-corrected chi connectivity index (χ3v) is 4.41. The molecule has 0 aliphatic heterocycles. The van der Waals surface area contributed by atoms with Crippen LogP contribution in [0.1, 0.15) is 9.67 Å². The number of aromatic carboxylic acids is 1. The van der Waals surface area contributed by atoms with E-state index in [0.717, 1.165) is 15.5 Å². The van der Waals surface area contributed by atoms with Crippen LogP contribution < -0.4 is 0 Å². The van der Waals surface area contributed by atoms with Gasteiger partial charge in [0.05, 0.1) is 28.9 Å². The van der Waals surface area contributed by atoms with Crippen molar-refractivity contribution in [1.29, 1.82) is 0 Å². The Kier molecular flexibility index (Phi) is 3.34. The molecule has 0 aliphatic carbocycles. The van der Waals surface area contributed by atoms with Gasteiger partial charge >= 0.3 is 11.9 Å². The van der Waals surface area contributed by atoms with Gasteiger partial charge in [0.25, 0.3) is 0 Å². The third kappa shape index (κ3) is 2.27. The summed E-state index contributed by atoms with van der Waals surface area (Å²) >= 11 is 2.34. The summed E-state index contributed by atoms with van der Waals surface area (Å²) in [7, 11) is 1.31. The molecule has 90 valence electrons. The number of carbonyl (C=O) groups is 2. The summed E-state index contributed by atoms with van der Waals surface area (Å²) in [6, 6.07) is 0. The largest absolute Gasteiger partial charge is 0.477 e. The predicted octanol–water partition coefficient (Wildman–Crippen LogP) is 1.59. The molecule has 0 bridgehead atoms. The molecule has 0 aromatic carbocycles. The summed E-state index contributed by atoms with van der Waals surface area (Å²) in [6.07, 6.45) is 1.44. The molecule has 6 nitrogen and oxygen atoms in total. The fourth-order valence-electron chi connectivity index (χ4n) is 1.24. The number of H-pyrrole nitrogens is 1. The number of hydrogen-bond donors (Lipinski definition) is 2. The molecule has 0 spiro atoms. The van der Waals surface area contributed by atoms with E-state index in [4.69, 9.17) is 5.11 Å². The van der Waals surface area contributed by atoms with E-state index in [1.807, 2.05) is 0 Å². The fourth-order valence-corrected chi connectivity index (χ4v) is 3.36. The van der Waals surface area contributed by atoms with Gasteiger partial charge in [-0.2, -0.15) is 0 Å². The first-order chi connectivity index (χ1) is 8.13. The number of fused-ring (bicyclic) bond motifs is 1. The van der Waals surface area contributed by atoms with Gasteiger partial charge in [-0.3, -0.25) is 4.79 Å². The van der Waals surface area contributed by atoms with Crippen molar-refractivity contribution in [2.45, 2.75) is 4.21 Å². The number of carbonyl (C=O) groups excluding carboxylic acids is 1. The van der Waals surface area contributed by atoms with Crippen LogP contribution in [0.25, 0.3) is 11.0 Å². The Bertz CT molecular complexity index is 575. The number of nitrogens with zero attached hydrogens (tertiary/aromatic N) is 1. The van der Waals surface area contributed by atoms with Crippen molar-refractivity contribution in [3.63, 3.8) is 0 Å². The number of hydrogen-bond acceptors (Lipinski definition) is 6. The van der Waals surface area contributed by atoms with Crippen molar-refractivity contribution >= 4 is 46.1 Å². The van der Waals surface area contributed by atoms with Crippen LogP contribution in [0, 0.1) is 0 Å². The summed E-state index contributed by atoms with van der Waals surface area (Å²) < 4.78 is 5.24. The normalized spacial score (nSPS) is 10.6. The van der Waals surface area contributed by atoms with Gasteiger partial charge in [-0.25, -0.2) is 9.78 Å². The van der Waals surface area contributed by atoms with E-state index in [-0.39, 0.29) is 16.6 Å². The number of aromatic amines is 1. The Hall–Kier alpha value is -1.54. The Morgan fingerprint density at radius 2 is 2.41 bits per heavy atom. The first-order valence-corrected chi connectivity index (χ1v) is 6.32. The lowest BCUT2D eigenvalue weighted by Crippen LogP contribution is -2.02. The van der Waals surface area contributed by atoms with Crippen molar-refractivity contribution in [2.24, 2.45) is 0 Å². The fraction of sp³-hybridized carbons (Fsp3) is 0.222. The average Bonchev–Trinajstić information content (AvgIpc) is 2.87. The molecule has 0 fully saturated rings. The first-order valence-electron chi connectivity index (χ1n) is 4.52. The smallest absolute Gasteiger partial charge is 0.348 e. The molecule has 2 aromatic heterocycles. The standard InChI is InChI=1S/C9H8N2O4S2/c1-15-4(12)2-16-9-6-5(10-3-11-6)7(17-9)8(13)14/h3H,2H2,1H3,(H,10,11)(H,13,14). The monoisotopic (exact) mass is 272 g/mol. The Morgan fingerprint density at radius 1 is 1.65 bits per heavy atom. The topological polar surface area (TPSA) is 92.3 Å². The van der Waals surface area contributed by atoms with Crippen molar-refractivity contribution < 1.29 is 19.4 Å². The molecule has 0 saturated heterocycles. The zero-order chi connectivity index (χ0) is 12.4. The Morgan fingerprint density at radius 3 is 3.06 bits per heavy atom. The molecule has 8 heteroatoms. The molecule has 0 unspecified atom stereocenters. The van der Waals surface area contributed by atoms with E-state index in [1.165, 1.54) is 25.2 Å². The lowest BCUT2D eigenvalue weighted by atomic mass is 10.4. The van der Waals surface area contributed by atoms with Crippen LogP contribution in [-0.2, 0) is 9.53 Å². The van der Waals surface area contributed by atoms with Crippen molar-refractivity contribution in [3.8, 4) is 0 Å². The molecule has 0 atom stereocenters. The highest BCUT2D eigenvalue weighted by molar-refractivity contribution is 8.02. The molecule has 17 heavy (non-hydrogen) atoms. The zero-order valence-corrected chi connectivity index (χ0v) is 10.4. The number of aromatic nitrogens is 2. The van der Waals surface area contributed by atoms with Crippen LogP contribution >= 0.6 is 23.1 Å². The molecular formula is C9H8N2O4S2. The maximum absolute atomic E-state index is 11.0. The quantitative estimate of drug-likeness (QED) is 0.648. The van der Waals surface area contributed by atoms with Gasteiger partial charge in [0, 0.05) is 0 Å². The lowest BCUT2D eigenvalue weighted by Gasteiger charge is -1.96. The number of carboxylic acids is 1. The molecule has 2 rings (SSSR count). The number of esters is 1. The van der Waals surface area contributed by atoms with E-state index in [0.29, 0.717) is 11.0 Å². The van der Waals surface area contributed by atoms with Crippen LogP contribution in [0.5, 0.6) is 0 Å². The number of rotatable bonds is 4. The number of nitrogens with one attached hydrogen (secondary N) is 1. The first kappa shape index (κ1) is 11.9. The summed E-state index contributed by atoms with van der Waals surface area (Å²) in [4.78, 5) is 29.0. The second-order valence-electron chi connectivity index (χ2n) is 3.01. The maximum Gasteiger partial charge on any atom is 0.348 e. The molecule has 0 saturated carbocycles. The minimum atomic E-state index is -1.02. The van der Waals surface area contributed by atoms with E-state index in [9.17, 15) is 9.59 Å². The van der Waals surface area contributed by atoms with Gasteiger partial charge in [-0.15, -0.1) is 23.1 Å². The number of methoxy groups -OCH3 is 1. The highest BCUT2D eigenvalue weighted by Gasteiger charge is 2.19. The van der Waals surface area contributed by atoms with Crippen LogP contribution in [-0.4, -0.2) is 39.9 Å². The van der Waals surface area contributed by atoms with Crippen LogP contribution in [0.2, 0.25) is 0 Å². The molecule has 0 aliphatic rings. The van der Waals surface area contributed by atoms with Gasteiger partial charge in [-0.05, 0) is 0 Å². The Labute approximate surface area is 104 Å². The van der Waals surface area contributed by atoms with E-state index < -0.39 is 5.97 Å². The van der Waals surface area contributed by atoms with E-state index in [1.54, 1.807) is 0 Å². The average molecular weight is 272 g/mol. The number of carboxylic acid groups (broad SMARTS) is 1. The summed E-state index contributed by atoms with van der Waals surface area (Å²) in [6.45, 7) is 0. The molecule has 0 amide bonds. The predicted molar refractivity (Wildman–Crippen MR) is 63.7 cm³/mol. The van der Waals surface area contributed by atoms with Crippen LogP contribution in [0.4, 0.5) is 0 Å². The highest BCUT2D eigenvalue weighted by atomic mass is 32.2. The summed E-state index contributed by atoms with van der Waals surface area (Å²) in [5.41, 5.74) is 1.08. The van der Waals surface area contributed by atoms with E-state index in [2.05, 4.69) is 14.7 Å². The van der Waals surface area contributed by atoms with Gasteiger partial charge in [0.15, 0.2) is 0 Å². The van der Waals surface area contributed by atoms with Crippen molar-refractivity contribution in [2.75, 3.05) is 12.9 Å². The number of imidazole rings is 1. The summed E-state index contributed by atoms with van der Waals surface area (Å²) in [5.74, 6) is -1.23. The third-order valence-electron chi connectivity index (χ3n) is 2.00. The van der Waals surface area contributed by atoms with Crippen LogP contribution in [0.3, 0.4) is 0 Å². The minimum absolute atomic E-state index is 0.143. The molecule has 0 radical (unpaired) electrons. The SMILES string of the molecule is COC(=O)CSc1sc(C(=O)O)c2nc[nH]c12. The maximum atomic E-state index is 11.0. The number of thiophene rings is 1. The lowest BCUT2D eigenvalue weighted by molar-refractivity contribution is -0.137. The second kappa shape index (κ2) is 4.76. The zero-order valence-electron chi connectivity index (χ0n) is 8.72. The minimum Gasteiger partial charge on any atom is -0.477 e. The summed E-state index contributed by atoms with van der Waals surface area (Å²) in [5, 5.41) is 8.99. The van der Waals surface area contributed by atoms with E-state index >= 15 is 0 Å². The van der Waals surface area contributed by atoms with Gasteiger partial charge < -0.3 is 14.8 Å². The van der Waals surface area contributed by atoms with Gasteiger partial charge in [-0.1, -0.05) is 0 Å².